The highest BCUT2D eigenvalue weighted by molar-refractivity contribution is 9.11. The third kappa shape index (κ3) is 2.19. The number of benzene rings is 1. The Morgan fingerprint density at radius 1 is 1.29 bits per heavy atom. The van der Waals surface area contributed by atoms with Crippen molar-refractivity contribution in [3.63, 3.8) is 0 Å². The number of halogens is 2. The molecule has 0 fully saturated rings. The molecule has 1 aromatic heterocycles. The predicted octanol–water partition coefficient (Wildman–Crippen LogP) is 3.30. The fourth-order valence-electron chi connectivity index (χ4n) is 1.56. The van der Waals surface area contributed by atoms with Crippen LogP contribution in [0.5, 0.6) is 0 Å². The Hall–Kier alpha value is -1.01. The molecule has 0 amide bonds. The zero-order chi connectivity index (χ0) is 12.6. The average Bonchev–Trinajstić information content (AvgIpc) is 2.61. The van der Waals surface area contributed by atoms with Gasteiger partial charge in [0.1, 0.15) is 0 Å². The van der Waals surface area contributed by atoms with Crippen LogP contribution in [0, 0.1) is 6.92 Å². The van der Waals surface area contributed by atoms with E-state index in [2.05, 4.69) is 42.2 Å². The molecule has 0 aliphatic heterocycles. The van der Waals surface area contributed by atoms with E-state index in [1.54, 1.807) is 4.68 Å². The van der Waals surface area contributed by atoms with Crippen molar-refractivity contribution in [3.05, 3.63) is 38.5 Å². The molecule has 17 heavy (non-hydrogen) atoms. The molecule has 0 unspecified atom stereocenters. The molecule has 0 aliphatic rings. The van der Waals surface area contributed by atoms with Gasteiger partial charge in [0.15, 0.2) is 11.5 Å². The van der Waals surface area contributed by atoms with Gasteiger partial charge in [-0.15, -0.1) is 5.10 Å². The van der Waals surface area contributed by atoms with E-state index in [1.165, 1.54) is 6.92 Å². The maximum atomic E-state index is 11.3. The lowest BCUT2D eigenvalue weighted by Gasteiger charge is -2.08. The van der Waals surface area contributed by atoms with E-state index in [1.807, 2.05) is 25.1 Å². The van der Waals surface area contributed by atoms with Crippen molar-refractivity contribution in [2.75, 3.05) is 0 Å². The Morgan fingerprint density at radius 3 is 2.35 bits per heavy atom. The standard InChI is InChI=1S/C11H9Br2N3O/c1-6-10(7(2)17)14-15-16(6)11-8(12)4-3-5-9(11)13/h3-5H,1-2H3. The van der Waals surface area contributed by atoms with Gasteiger partial charge in [0, 0.05) is 15.9 Å². The molecule has 6 heteroatoms. The van der Waals surface area contributed by atoms with Crippen LogP contribution in [0.15, 0.2) is 27.1 Å². The lowest BCUT2D eigenvalue weighted by molar-refractivity contribution is 0.101. The number of hydrogen-bond acceptors (Lipinski definition) is 3. The summed E-state index contributed by atoms with van der Waals surface area (Å²) in [6.07, 6.45) is 0. The van der Waals surface area contributed by atoms with Crippen molar-refractivity contribution >= 4 is 37.6 Å². The molecular formula is C11H9Br2N3O. The van der Waals surface area contributed by atoms with E-state index in [-0.39, 0.29) is 5.78 Å². The Balaban J connectivity index is 2.66. The SMILES string of the molecule is CC(=O)c1nnn(-c2c(Br)cccc2Br)c1C. The summed E-state index contributed by atoms with van der Waals surface area (Å²) >= 11 is 6.92. The van der Waals surface area contributed by atoms with Gasteiger partial charge < -0.3 is 0 Å². The predicted molar refractivity (Wildman–Crippen MR) is 71.5 cm³/mol. The molecule has 0 saturated heterocycles. The fourth-order valence-corrected chi connectivity index (χ4v) is 2.89. The fraction of sp³-hybridized carbons (Fsp3) is 0.182. The quantitative estimate of drug-likeness (QED) is 0.774. The van der Waals surface area contributed by atoms with Crippen molar-refractivity contribution < 1.29 is 4.79 Å². The van der Waals surface area contributed by atoms with E-state index in [0.717, 1.165) is 20.3 Å². The summed E-state index contributed by atoms with van der Waals surface area (Å²) < 4.78 is 3.41. The minimum Gasteiger partial charge on any atom is -0.293 e. The van der Waals surface area contributed by atoms with Crippen LogP contribution in [0.4, 0.5) is 0 Å². The number of carbonyl (C=O) groups excluding carboxylic acids is 1. The topological polar surface area (TPSA) is 47.8 Å². The summed E-state index contributed by atoms with van der Waals surface area (Å²) in [4.78, 5) is 11.3. The van der Waals surface area contributed by atoms with Gasteiger partial charge in [-0.1, -0.05) is 11.3 Å². The zero-order valence-electron chi connectivity index (χ0n) is 9.24. The van der Waals surface area contributed by atoms with Crippen molar-refractivity contribution in [3.8, 4) is 5.69 Å². The van der Waals surface area contributed by atoms with Crippen molar-refractivity contribution in [1.29, 1.82) is 0 Å². The van der Waals surface area contributed by atoms with Gasteiger partial charge in [-0.25, -0.2) is 4.68 Å². The first-order valence-corrected chi connectivity index (χ1v) is 6.48. The molecule has 0 bridgehead atoms. The van der Waals surface area contributed by atoms with Crippen molar-refractivity contribution in [1.82, 2.24) is 15.0 Å². The van der Waals surface area contributed by atoms with Gasteiger partial charge in [0.05, 0.1) is 11.4 Å². The van der Waals surface area contributed by atoms with E-state index in [0.29, 0.717) is 5.69 Å². The highest BCUT2D eigenvalue weighted by atomic mass is 79.9. The first kappa shape index (κ1) is 12.4. The molecule has 2 rings (SSSR count). The van der Waals surface area contributed by atoms with Gasteiger partial charge in [-0.05, 0) is 50.9 Å². The number of carbonyl (C=O) groups is 1. The van der Waals surface area contributed by atoms with Crippen LogP contribution in [-0.2, 0) is 0 Å². The lowest BCUT2D eigenvalue weighted by atomic mass is 10.2. The van der Waals surface area contributed by atoms with Crippen LogP contribution in [0.2, 0.25) is 0 Å². The molecule has 1 aromatic carbocycles. The minimum atomic E-state index is -0.0862. The molecular weight excluding hydrogens is 350 g/mol. The number of nitrogens with zero attached hydrogens (tertiary/aromatic N) is 3. The Morgan fingerprint density at radius 2 is 1.88 bits per heavy atom. The Labute approximate surface area is 115 Å². The first-order chi connectivity index (χ1) is 8.02. The molecule has 0 atom stereocenters. The first-order valence-electron chi connectivity index (χ1n) is 4.90. The summed E-state index contributed by atoms with van der Waals surface area (Å²) in [6, 6.07) is 5.74. The maximum Gasteiger partial charge on any atom is 0.181 e. The monoisotopic (exact) mass is 357 g/mol. The number of Topliss-reactive ketones (excluding diaryl/α,β-unsaturated/α-hetero) is 1. The second-order valence-corrected chi connectivity index (χ2v) is 5.27. The van der Waals surface area contributed by atoms with Crippen LogP contribution in [0.1, 0.15) is 23.1 Å². The molecule has 0 N–H and O–H groups in total. The van der Waals surface area contributed by atoms with Crippen molar-refractivity contribution in [2.45, 2.75) is 13.8 Å². The number of aromatic nitrogens is 3. The molecule has 0 aliphatic carbocycles. The second-order valence-electron chi connectivity index (χ2n) is 3.56. The number of ketones is 1. The molecule has 88 valence electrons. The average molecular weight is 359 g/mol. The van der Waals surface area contributed by atoms with Gasteiger partial charge >= 0.3 is 0 Å². The highest BCUT2D eigenvalue weighted by Crippen LogP contribution is 2.29. The molecule has 0 spiro atoms. The number of rotatable bonds is 2. The summed E-state index contributed by atoms with van der Waals surface area (Å²) in [5.74, 6) is -0.0862. The van der Waals surface area contributed by atoms with E-state index >= 15 is 0 Å². The van der Waals surface area contributed by atoms with Gasteiger partial charge in [-0.3, -0.25) is 4.79 Å². The highest BCUT2D eigenvalue weighted by Gasteiger charge is 2.16. The van der Waals surface area contributed by atoms with Crippen LogP contribution < -0.4 is 0 Å². The van der Waals surface area contributed by atoms with E-state index < -0.39 is 0 Å². The summed E-state index contributed by atoms with van der Waals surface area (Å²) in [5.41, 5.74) is 1.96. The molecule has 2 aromatic rings. The normalized spacial score (nSPS) is 10.6. The van der Waals surface area contributed by atoms with Crippen LogP contribution in [-0.4, -0.2) is 20.8 Å². The summed E-state index contributed by atoms with van der Waals surface area (Å²) in [5, 5.41) is 7.91. The van der Waals surface area contributed by atoms with E-state index in [4.69, 9.17) is 0 Å². The number of para-hydroxylation sites is 1. The van der Waals surface area contributed by atoms with Gasteiger partial charge in [0.25, 0.3) is 0 Å². The van der Waals surface area contributed by atoms with Crippen LogP contribution in [0.3, 0.4) is 0 Å². The van der Waals surface area contributed by atoms with Gasteiger partial charge in [0.2, 0.25) is 0 Å². The molecule has 1 heterocycles. The summed E-state index contributed by atoms with van der Waals surface area (Å²) in [6.45, 7) is 3.30. The van der Waals surface area contributed by atoms with Crippen molar-refractivity contribution in [2.24, 2.45) is 0 Å². The lowest BCUT2D eigenvalue weighted by Crippen LogP contribution is -2.02. The second kappa shape index (κ2) is 4.70. The maximum absolute atomic E-state index is 11.3. The number of hydrogen-bond donors (Lipinski definition) is 0. The summed E-state index contributed by atoms with van der Waals surface area (Å²) in [7, 11) is 0. The smallest absolute Gasteiger partial charge is 0.181 e. The minimum absolute atomic E-state index is 0.0862. The Kier molecular flexibility index (Phi) is 3.44. The third-order valence-corrected chi connectivity index (χ3v) is 3.66. The zero-order valence-corrected chi connectivity index (χ0v) is 12.4. The molecule has 0 saturated carbocycles. The largest absolute Gasteiger partial charge is 0.293 e. The molecule has 0 radical (unpaired) electrons. The van der Waals surface area contributed by atoms with E-state index in [9.17, 15) is 4.79 Å². The third-order valence-electron chi connectivity index (χ3n) is 2.38. The molecule has 4 nitrogen and oxygen atoms in total. The van der Waals surface area contributed by atoms with Gasteiger partial charge in [-0.2, -0.15) is 0 Å². The van der Waals surface area contributed by atoms with Crippen LogP contribution in [0.25, 0.3) is 5.69 Å². The Bertz CT molecular complexity index is 572. The van der Waals surface area contributed by atoms with Crippen LogP contribution >= 0.6 is 31.9 Å².